The van der Waals surface area contributed by atoms with Crippen LogP contribution in [0, 0.1) is 5.41 Å². The third-order valence-corrected chi connectivity index (χ3v) is 4.50. The van der Waals surface area contributed by atoms with Crippen molar-refractivity contribution in [2.45, 2.75) is 45.2 Å². The Morgan fingerprint density at radius 1 is 1.50 bits per heavy atom. The molecule has 1 fully saturated rings. The van der Waals surface area contributed by atoms with Crippen LogP contribution in [0.1, 0.15) is 44.7 Å². The molecule has 0 saturated heterocycles. The fourth-order valence-corrected chi connectivity index (χ4v) is 2.94. The van der Waals surface area contributed by atoms with Gasteiger partial charge >= 0.3 is 0 Å². The van der Waals surface area contributed by atoms with Gasteiger partial charge in [-0.05, 0) is 32.8 Å². The summed E-state index contributed by atoms with van der Waals surface area (Å²) in [6.45, 7) is 3.94. The highest BCUT2D eigenvalue weighted by molar-refractivity contribution is 5.83. The number of ether oxygens (including phenoxy) is 1. The molecule has 3 N–H and O–H groups in total. The molecule has 1 aromatic rings. The van der Waals surface area contributed by atoms with Crippen LogP contribution in [-0.4, -0.2) is 19.1 Å². The largest absolute Gasteiger partial charge is 0.496 e. The third-order valence-electron chi connectivity index (χ3n) is 4.50. The zero-order chi connectivity index (χ0) is 14.8. The van der Waals surface area contributed by atoms with Crippen LogP contribution < -0.4 is 15.8 Å². The average molecular weight is 276 g/mol. The second-order valence-corrected chi connectivity index (χ2v) is 5.85. The van der Waals surface area contributed by atoms with Crippen LogP contribution >= 0.6 is 0 Å². The molecule has 110 valence electrons. The molecular weight excluding hydrogens is 252 g/mol. The lowest BCUT2D eigenvalue weighted by atomic mass is 9.84. The van der Waals surface area contributed by atoms with E-state index in [4.69, 9.17) is 10.5 Å². The van der Waals surface area contributed by atoms with Crippen molar-refractivity contribution >= 4 is 5.91 Å². The maximum Gasteiger partial charge on any atom is 0.227 e. The van der Waals surface area contributed by atoms with Crippen LogP contribution in [0.5, 0.6) is 5.75 Å². The second kappa shape index (κ2) is 5.83. The summed E-state index contributed by atoms with van der Waals surface area (Å²) in [5, 5.41) is 3.08. The van der Waals surface area contributed by atoms with Crippen molar-refractivity contribution in [3.63, 3.8) is 0 Å². The fourth-order valence-electron chi connectivity index (χ4n) is 2.94. The second-order valence-electron chi connectivity index (χ2n) is 5.85. The number of amides is 1. The SMILES string of the molecule is COc1ccccc1[C@@H](C)NC(=O)C1(C)CCCC1N. The molecule has 1 aliphatic carbocycles. The number of hydrogen-bond acceptors (Lipinski definition) is 3. The Morgan fingerprint density at radius 2 is 2.20 bits per heavy atom. The molecule has 20 heavy (non-hydrogen) atoms. The first kappa shape index (κ1) is 14.9. The van der Waals surface area contributed by atoms with Gasteiger partial charge in [-0.15, -0.1) is 0 Å². The first-order valence-corrected chi connectivity index (χ1v) is 7.18. The summed E-state index contributed by atoms with van der Waals surface area (Å²) in [4.78, 5) is 12.5. The van der Waals surface area contributed by atoms with Gasteiger partial charge in [0.25, 0.3) is 0 Å². The van der Waals surface area contributed by atoms with E-state index in [1.165, 1.54) is 0 Å². The Bertz CT molecular complexity index is 489. The van der Waals surface area contributed by atoms with E-state index in [9.17, 15) is 4.79 Å². The van der Waals surface area contributed by atoms with E-state index in [1.807, 2.05) is 38.1 Å². The van der Waals surface area contributed by atoms with Crippen molar-refractivity contribution in [3.05, 3.63) is 29.8 Å². The molecule has 0 heterocycles. The van der Waals surface area contributed by atoms with Crippen LogP contribution in [-0.2, 0) is 4.79 Å². The number of rotatable bonds is 4. The predicted molar refractivity (Wildman–Crippen MR) is 79.5 cm³/mol. The Morgan fingerprint density at radius 3 is 2.80 bits per heavy atom. The molecule has 1 saturated carbocycles. The van der Waals surface area contributed by atoms with Crippen LogP contribution in [0.25, 0.3) is 0 Å². The smallest absolute Gasteiger partial charge is 0.227 e. The molecule has 2 unspecified atom stereocenters. The summed E-state index contributed by atoms with van der Waals surface area (Å²) in [7, 11) is 1.64. The lowest BCUT2D eigenvalue weighted by molar-refractivity contribution is -0.131. The van der Waals surface area contributed by atoms with E-state index in [0.717, 1.165) is 30.6 Å². The van der Waals surface area contributed by atoms with Crippen LogP contribution in [0.3, 0.4) is 0 Å². The molecule has 0 bridgehead atoms. The van der Waals surface area contributed by atoms with E-state index in [0.29, 0.717) is 0 Å². The number of para-hydroxylation sites is 1. The van der Waals surface area contributed by atoms with Crippen LogP contribution in [0.2, 0.25) is 0 Å². The Labute approximate surface area is 120 Å². The molecule has 0 aromatic heterocycles. The van der Waals surface area contributed by atoms with Gasteiger partial charge < -0.3 is 15.8 Å². The molecule has 2 rings (SSSR count). The minimum atomic E-state index is -0.448. The lowest BCUT2D eigenvalue weighted by Crippen LogP contribution is -2.47. The highest BCUT2D eigenvalue weighted by atomic mass is 16.5. The van der Waals surface area contributed by atoms with Gasteiger partial charge in [-0.3, -0.25) is 4.79 Å². The van der Waals surface area contributed by atoms with Gasteiger partial charge in [0.1, 0.15) is 5.75 Å². The maximum absolute atomic E-state index is 12.5. The predicted octanol–water partition coefficient (Wildman–Crippen LogP) is 2.39. The van der Waals surface area contributed by atoms with E-state index in [2.05, 4.69) is 5.32 Å². The summed E-state index contributed by atoms with van der Waals surface area (Å²) in [5.74, 6) is 0.835. The minimum Gasteiger partial charge on any atom is -0.496 e. The molecule has 1 amide bonds. The average Bonchev–Trinajstić information content (AvgIpc) is 2.79. The summed E-state index contributed by atoms with van der Waals surface area (Å²) in [6, 6.07) is 7.60. The topological polar surface area (TPSA) is 64.3 Å². The summed E-state index contributed by atoms with van der Waals surface area (Å²) in [6.07, 6.45) is 2.81. The first-order valence-electron chi connectivity index (χ1n) is 7.18. The fraction of sp³-hybridized carbons (Fsp3) is 0.562. The van der Waals surface area contributed by atoms with Gasteiger partial charge in [-0.25, -0.2) is 0 Å². The highest BCUT2D eigenvalue weighted by Crippen LogP contribution is 2.37. The number of methoxy groups -OCH3 is 1. The number of hydrogen-bond donors (Lipinski definition) is 2. The number of nitrogens with two attached hydrogens (primary N) is 1. The van der Waals surface area contributed by atoms with Gasteiger partial charge in [-0.2, -0.15) is 0 Å². The third kappa shape index (κ3) is 2.66. The molecule has 1 aliphatic rings. The van der Waals surface area contributed by atoms with Gasteiger partial charge in [0.2, 0.25) is 5.91 Å². The molecule has 4 heteroatoms. The van der Waals surface area contributed by atoms with Crippen molar-refractivity contribution in [1.29, 1.82) is 0 Å². The van der Waals surface area contributed by atoms with Crippen molar-refractivity contribution in [3.8, 4) is 5.75 Å². The maximum atomic E-state index is 12.5. The standard InChI is InChI=1S/C16H24N2O2/c1-11(12-7-4-5-8-13(12)20-3)18-15(19)16(2)10-6-9-14(16)17/h4-5,7-8,11,14H,6,9-10,17H2,1-3H3,(H,18,19)/t11-,14?,16?/m1/s1. The lowest BCUT2D eigenvalue weighted by Gasteiger charge is -2.29. The zero-order valence-electron chi connectivity index (χ0n) is 12.5. The van der Waals surface area contributed by atoms with Crippen molar-refractivity contribution in [2.24, 2.45) is 11.1 Å². The molecule has 0 radical (unpaired) electrons. The van der Waals surface area contributed by atoms with Gasteiger partial charge in [-0.1, -0.05) is 24.6 Å². The Kier molecular flexibility index (Phi) is 4.33. The number of carbonyl (C=O) groups excluding carboxylic acids is 1. The minimum absolute atomic E-state index is 0.0425. The van der Waals surface area contributed by atoms with Crippen LogP contribution in [0.15, 0.2) is 24.3 Å². The molecule has 1 aromatic carbocycles. The van der Waals surface area contributed by atoms with Crippen molar-refractivity contribution < 1.29 is 9.53 Å². The number of benzene rings is 1. The van der Waals surface area contributed by atoms with Gasteiger partial charge in [0, 0.05) is 11.6 Å². The number of carbonyl (C=O) groups is 1. The van der Waals surface area contributed by atoms with Gasteiger partial charge in [0.15, 0.2) is 0 Å². The van der Waals surface area contributed by atoms with E-state index in [-0.39, 0.29) is 18.0 Å². The van der Waals surface area contributed by atoms with E-state index < -0.39 is 5.41 Å². The van der Waals surface area contributed by atoms with Crippen molar-refractivity contribution in [1.82, 2.24) is 5.32 Å². The molecular formula is C16H24N2O2. The molecule has 4 nitrogen and oxygen atoms in total. The highest BCUT2D eigenvalue weighted by Gasteiger charge is 2.43. The van der Waals surface area contributed by atoms with Gasteiger partial charge in [0.05, 0.1) is 18.6 Å². The summed E-state index contributed by atoms with van der Waals surface area (Å²) in [5.41, 5.74) is 6.64. The molecule has 3 atom stereocenters. The zero-order valence-corrected chi connectivity index (χ0v) is 12.5. The normalized spacial score (nSPS) is 27.1. The Balaban J connectivity index is 2.11. The number of nitrogens with one attached hydrogen (secondary N) is 1. The summed E-state index contributed by atoms with van der Waals surface area (Å²) >= 11 is 0. The van der Waals surface area contributed by atoms with Crippen molar-refractivity contribution in [2.75, 3.05) is 7.11 Å². The first-order chi connectivity index (χ1) is 9.49. The summed E-state index contributed by atoms with van der Waals surface area (Å²) < 4.78 is 5.34. The quantitative estimate of drug-likeness (QED) is 0.887. The van der Waals surface area contributed by atoms with Crippen LogP contribution in [0.4, 0.5) is 0 Å². The monoisotopic (exact) mass is 276 g/mol. The Hall–Kier alpha value is -1.55. The molecule has 0 spiro atoms. The molecule has 0 aliphatic heterocycles. The van der Waals surface area contributed by atoms with E-state index >= 15 is 0 Å². The van der Waals surface area contributed by atoms with E-state index in [1.54, 1.807) is 7.11 Å².